The molecule has 0 radical (unpaired) electrons. The van der Waals surface area contributed by atoms with Gasteiger partial charge < -0.3 is 5.73 Å². The number of hydrogen-bond acceptors (Lipinski definition) is 6. The van der Waals surface area contributed by atoms with Gasteiger partial charge >= 0.3 is 0 Å². The fourth-order valence-electron chi connectivity index (χ4n) is 3.06. The van der Waals surface area contributed by atoms with Gasteiger partial charge in [-0.3, -0.25) is 4.68 Å². The van der Waals surface area contributed by atoms with Gasteiger partial charge in [-0.2, -0.15) is 10.2 Å². The van der Waals surface area contributed by atoms with Crippen molar-refractivity contribution < 1.29 is 0 Å². The molecule has 0 saturated heterocycles. The van der Waals surface area contributed by atoms with E-state index in [0.717, 1.165) is 16.7 Å². The van der Waals surface area contributed by atoms with Gasteiger partial charge in [-0.25, -0.2) is 19.2 Å². The average Bonchev–Trinajstić information content (AvgIpc) is 3.37. The van der Waals surface area contributed by atoms with Crippen LogP contribution in [0.15, 0.2) is 49.1 Å². The number of nitrogens with zero attached hydrogens (tertiary/aromatic N) is 8. The van der Waals surface area contributed by atoms with Crippen LogP contribution in [0.25, 0.3) is 33.9 Å². The number of anilines is 1. The number of hydrogen-bond donors (Lipinski definition) is 1. The highest BCUT2D eigenvalue weighted by Gasteiger charge is 2.18. The van der Waals surface area contributed by atoms with Crippen LogP contribution in [-0.4, -0.2) is 39.1 Å². The molecule has 26 heavy (non-hydrogen) atoms. The maximum atomic E-state index is 6.06. The van der Waals surface area contributed by atoms with Gasteiger partial charge in [0.05, 0.1) is 29.2 Å². The summed E-state index contributed by atoms with van der Waals surface area (Å²) in [4.78, 5) is 9.19. The van der Waals surface area contributed by atoms with Gasteiger partial charge in [0, 0.05) is 6.54 Å². The van der Waals surface area contributed by atoms with Crippen molar-refractivity contribution in [2.24, 2.45) is 0 Å². The third-order valence-corrected chi connectivity index (χ3v) is 4.29. The van der Waals surface area contributed by atoms with Crippen molar-refractivity contribution in [3.8, 4) is 17.2 Å². The molecule has 128 valence electrons. The Balaban J connectivity index is 1.74. The minimum absolute atomic E-state index is 0.517. The predicted octanol–water partition coefficient (Wildman–Crippen LogP) is 1.93. The molecule has 5 aromatic rings. The lowest BCUT2D eigenvalue weighted by Gasteiger charge is -2.01. The number of nitrogens with two attached hydrogens (primary N) is 1. The van der Waals surface area contributed by atoms with Crippen LogP contribution in [0.4, 0.5) is 5.69 Å². The maximum Gasteiger partial charge on any atom is 0.202 e. The van der Waals surface area contributed by atoms with Crippen molar-refractivity contribution in [3.05, 3.63) is 49.1 Å². The molecule has 0 atom stereocenters. The fraction of sp³-hybridized carbons (Fsp3) is 0.118. The van der Waals surface area contributed by atoms with Crippen LogP contribution in [0.2, 0.25) is 0 Å². The van der Waals surface area contributed by atoms with Crippen LogP contribution in [0, 0.1) is 0 Å². The maximum absolute atomic E-state index is 6.06. The van der Waals surface area contributed by atoms with E-state index < -0.39 is 0 Å². The Morgan fingerprint density at radius 3 is 2.69 bits per heavy atom. The van der Waals surface area contributed by atoms with Gasteiger partial charge in [0.15, 0.2) is 11.3 Å². The van der Waals surface area contributed by atoms with Crippen molar-refractivity contribution in [3.63, 3.8) is 0 Å². The summed E-state index contributed by atoms with van der Waals surface area (Å²) < 4.78 is 5.21. The van der Waals surface area contributed by atoms with Gasteiger partial charge in [-0.1, -0.05) is 18.2 Å². The van der Waals surface area contributed by atoms with Crippen LogP contribution in [0.1, 0.15) is 6.92 Å². The monoisotopic (exact) mass is 345 g/mol. The van der Waals surface area contributed by atoms with Gasteiger partial charge in [0.2, 0.25) is 5.82 Å². The summed E-state index contributed by atoms with van der Waals surface area (Å²) >= 11 is 0. The van der Waals surface area contributed by atoms with Crippen molar-refractivity contribution in [1.82, 2.24) is 39.1 Å². The first-order valence-electron chi connectivity index (χ1n) is 8.22. The molecule has 0 amide bonds. The molecule has 4 aromatic heterocycles. The zero-order valence-electron chi connectivity index (χ0n) is 14.0. The molecule has 4 heterocycles. The molecule has 0 spiro atoms. The molecule has 0 fully saturated rings. The number of benzene rings is 1. The lowest BCUT2D eigenvalue weighted by molar-refractivity contribution is 0.663. The van der Waals surface area contributed by atoms with E-state index in [1.165, 1.54) is 0 Å². The number of aryl methyl sites for hydroxylation is 1. The zero-order chi connectivity index (χ0) is 17.7. The van der Waals surface area contributed by atoms with E-state index in [-0.39, 0.29) is 0 Å². The number of nitrogen functional groups attached to an aromatic ring is 1. The van der Waals surface area contributed by atoms with Gasteiger partial charge in [0.1, 0.15) is 12.0 Å². The largest absolute Gasteiger partial charge is 0.396 e. The van der Waals surface area contributed by atoms with Crippen molar-refractivity contribution in [2.75, 3.05) is 5.73 Å². The molecule has 9 nitrogen and oxygen atoms in total. The SMILES string of the molecule is CCn1ncc(N)c1-c1nc2c3cnn(-c4ccccc4)c3ncn2n1. The van der Waals surface area contributed by atoms with Gasteiger partial charge in [-0.15, -0.1) is 5.10 Å². The first-order chi connectivity index (χ1) is 12.8. The zero-order valence-corrected chi connectivity index (χ0v) is 14.0. The van der Waals surface area contributed by atoms with E-state index in [2.05, 4.69) is 25.3 Å². The van der Waals surface area contributed by atoms with Crippen LogP contribution in [0.3, 0.4) is 0 Å². The molecular weight excluding hydrogens is 330 g/mol. The predicted molar refractivity (Wildman–Crippen MR) is 96.7 cm³/mol. The minimum atomic E-state index is 0.517. The molecule has 0 aliphatic heterocycles. The van der Waals surface area contributed by atoms with Crippen LogP contribution < -0.4 is 5.73 Å². The Bertz CT molecular complexity index is 1230. The highest BCUT2D eigenvalue weighted by atomic mass is 15.4. The fourth-order valence-corrected chi connectivity index (χ4v) is 3.06. The van der Waals surface area contributed by atoms with Crippen LogP contribution in [0.5, 0.6) is 0 Å². The highest BCUT2D eigenvalue weighted by molar-refractivity contribution is 5.90. The third kappa shape index (κ3) is 2.00. The Hall–Kier alpha value is -3.75. The average molecular weight is 345 g/mol. The van der Waals surface area contributed by atoms with E-state index in [4.69, 9.17) is 5.73 Å². The summed E-state index contributed by atoms with van der Waals surface area (Å²) in [7, 11) is 0. The quantitative estimate of drug-likeness (QED) is 0.536. The summed E-state index contributed by atoms with van der Waals surface area (Å²) in [6.45, 7) is 2.68. The number of para-hydroxylation sites is 1. The molecule has 0 aliphatic carbocycles. The van der Waals surface area contributed by atoms with E-state index in [9.17, 15) is 0 Å². The first-order valence-corrected chi connectivity index (χ1v) is 8.22. The van der Waals surface area contributed by atoms with E-state index in [1.54, 1.807) is 32.6 Å². The number of fused-ring (bicyclic) bond motifs is 3. The molecule has 9 heteroatoms. The Kier molecular flexibility index (Phi) is 3.02. The van der Waals surface area contributed by atoms with Gasteiger partial charge in [-0.05, 0) is 19.1 Å². The first kappa shape index (κ1) is 14.6. The van der Waals surface area contributed by atoms with E-state index in [0.29, 0.717) is 29.4 Å². The topological polar surface area (TPSA) is 105 Å². The molecule has 0 bridgehead atoms. The molecule has 2 N–H and O–H groups in total. The normalized spacial score (nSPS) is 11.6. The molecule has 0 aliphatic rings. The second-order valence-electron chi connectivity index (χ2n) is 5.84. The second kappa shape index (κ2) is 5.38. The van der Waals surface area contributed by atoms with Crippen molar-refractivity contribution >= 4 is 22.4 Å². The summed E-state index contributed by atoms with van der Waals surface area (Å²) in [5.74, 6) is 0.517. The summed E-state index contributed by atoms with van der Waals surface area (Å²) in [6, 6.07) is 9.85. The molecule has 1 aromatic carbocycles. The summed E-state index contributed by atoms with van der Waals surface area (Å²) in [6.07, 6.45) is 5.01. The lowest BCUT2D eigenvalue weighted by atomic mass is 10.3. The smallest absolute Gasteiger partial charge is 0.202 e. The summed E-state index contributed by atoms with van der Waals surface area (Å²) in [5, 5.41) is 14.1. The van der Waals surface area contributed by atoms with Gasteiger partial charge in [0.25, 0.3) is 0 Å². The molecule has 0 saturated carbocycles. The Labute approximate surface area is 147 Å². The van der Waals surface area contributed by atoms with Crippen molar-refractivity contribution in [2.45, 2.75) is 13.5 Å². The van der Waals surface area contributed by atoms with E-state index >= 15 is 0 Å². The Morgan fingerprint density at radius 2 is 1.88 bits per heavy atom. The minimum Gasteiger partial charge on any atom is -0.396 e. The van der Waals surface area contributed by atoms with Crippen LogP contribution in [-0.2, 0) is 6.54 Å². The second-order valence-corrected chi connectivity index (χ2v) is 5.84. The molecular formula is C17H15N9. The number of rotatable bonds is 3. The van der Waals surface area contributed by atoms with Crippen molar-refractivity contribution in [1.29, 1.82) is 0 Å². The number of aromatic nitrogens is 8. The third-order valence-electron chi connectivity index (χ3n) is 4.29. The van der Waals surface area contributed by atoms with Crippen LogP contribution >= 0.6 is 0 Å². The Morgan fingerprint density at radius 1 is 1.04 bits per heavy atom. The summed E-state index contributed by atoms with van der Waals surface area (Å²) in [5.41, 5.74) is 9.65. The molecule has 5 rings (SSSR count). The standard InChI is InChI=1S/C17H15N9/c1-2-24-14(13(18)9-20-24)15-22-17-12-8-21-26(11-6-4-3-5-7-11)16(12)19-10-25(17)23-15/h3-10H,2,18H2,1H3. The lowest BCUT2D eigenvalue weighted by Crippen LogP contribution is -2.01. The van der Waals surface area contributed by atoms with E-state index in [1.807, 2.05) is 37.3 Å². The molecule has 0 unspecified atom stereocenters. The highest BCUT2D eigenvalue weighted by Crippen LogP contribution is 2.25.